The highest BCUT2D eigenvalue weighted by molar-refractivity contribution is 7.92. The minimum absolute atomic E-state index is 0.0149. The molecule has 0 atom stereocenters. The zero-order valence-corrected chi connectivity index (χ0v) is 20.8. The molecule has 2 aromatic carbocycles. The number of hydrogen-bond acceptors (Lipinski definition) is 6. The molecule has 0 fully saturated rings. The predicted octanol–water partition coefficient (Wildman–Crippen LogP) is 4.41. The fourth-order valence-electron chi connectivity index (χ4n) is 3.00. The van der Waals surface area contributed by atoms with Crippen LogP contribution in [0.2, 0.25) is 5.02 Å². The average molecular weight is 521 g/mol. The van der Waals surface area contributed by atoms with Crippen LogP contribution >= 0.6 is 11.6 Å². The molecule has 0 bridgehead atoms. The molecular weight excluding hydrogens is 499 g/mol. The summed E-state index contributed by atoms with van der Waals surface area (Å²) in [6, 6.07) is 9.50. The van der Waals surface area contributed by atoms with Crippen LogP contribution in [0.5, 0.6) is 0 Å². The number of halogens is 2. The van der Waals surface area contributed by atoms with Gasteiger partial charge in [0.05, 0.1) is 21.7 Å². The lowest BCUT2D eigenvalue weighted by Gasteiger charge is -2.19. The Balaban J connectivity index is 1.95. The van der Waals surface area contributed by atoms with Gasteiger partial charge < -0.3 is 9.94 Å². The van der Waals surface area contributed by atoms with Crippen LogP contribution in [0, 0.1) is 17.9 Å². The van der Waals surface area contributed by atoms with Gasteiger partial charge in [-0.3, -0.25) is 9.52 Å². The third-order valence-electron chi connectivity index (χ3n) is 4.71. The van der Waals surface area contributed by atoms with Gasteiger partial charge in [0.15, 0.2) is 11.9 Å². The molecule has 8 nitrogen and oxygen atoms in total. The Labute approximate surface area is 206 Å². The van der Waals surface area contributed by atoms with E-state index in [1.54, 1.807) is 27.7 Å². The molecule has 1 aromatic heterocycles. The second-order valence-corrected chi connectivity index (χ2v) is 10.8. The summed E-state index contributed by atoms with van der Waals surface area (Å²) in [5.74, 6) is -2.68. The second-order valence-electron chi connectivity index (χ2n) is 8.65. The number of sulfonamides is 1. The van der Waals surface area contributed by atoms with Crippen LogP contribution in [0.3, 0.4) is 0 Å². The molecule has 0 aliphatic carbocycles. The number of carbonyl (C=O) groups excluding carboxylic acids is 2. The third-order valence-corrected chi connectivity index (χ3v) is 6.31. The number of anilines is 1. The van der Waals surface area contributed by atoms with Crippen LogP contribution in [-0.4, -0.2) is 25.8 Å². The average Bonchev–Trinajstić information content (AvgIpc) is 2.75. The molecule has 3 rings (SSSR count). The smallest absolute Gasteiger partial charge is 0.341 e. The molecule has 11 heteroatoms. The van der Waals surface area contributed by atoms with Crippen molar-refractivity contribution in [1.82, 2.24) is 0 Å². The Morgan fingerprint density at radius 2 is 1.74 bits per heavy atom. The van der Waals surface area contributed by atoms with E-state index < -0.39 is 43.7 Å². The molecule has 3 aromatic rings. The van der Waals surface area contributed by atoms with Gasteiger partial charge >= 0.3 is 5.97 Å². The standard InChI is InChI=1S/C24H22ClFN2O6S/c1-14-5-6-15(13-28(14)31)22(29)19-11-16(25)7-10-21(19)27-35(32,33)17-8-9-18(20(26)12-17)23(30)34-24(2,3)4/h5-13,27H,1-4H3. The molecule has 1 heterocycles. The maximum atomic E-state index is 14.6. The highest BCUT2D eigenvalue weighted by Gasteiger charge is 2.25. The number of nitrogens with zero attached hydrogens (tertiary/aromatic N) is 1. The summed E-state index contributed by atoms with van der Waals surface area (Å²) in [6.45, 7) is 6.41. The largest absolute Gasteiger partial charge is 0.618 e. The maximum Gasteiger partial charge on any atom is 0.341 e. The summed E-state index contributed by atoms with van der Waals surface area (Å²) in [6.07, 6.45) is 1.07. The summed E-state index contributed by atoms with van der Waals surface area (Å²) in [5, 5.41) is 12.0. The first-order valence-corrected chi connectivity index (χ1v) is 12.1. The van der Waals surface area contributed by atoms with Crippen molar-refractivity contribution in [3.63, 3.8) is 0 Å². The quantitative estimate of drug-likeness (QED) is 0.223. The number of carbonyl (C=O) groups is 2. The second kappa shape index (κ2) is 9.63. The van der Waals surface area contributed by atoms with Gasteiger partial charge in [0, 0.05) is 23.6 Å². The summed E-state index contributed by atoms with van der Waals surface area (Å²) in [7, 11) is -4.38. The zero-order chi connectivity index (χ0) is 26.1. The molecule has 0 radical (unpaired) electrons. The highest BCUT2D eigenvalue weighted by Crippen LogP contribution is 2.27. The third kappa shape index (κ3) is 6.14. The van der Waals surface area contributed by atoms with Crippen molar-refractivity contribution in [1.29, 1.82) is 0 Å². The van der Waals surface area contributed by atoms with Gasteiger partial charge in [0.2, 0.25) is 5.78 Å². The molecule has 0 aliphatic heterocycles. The van der Waals surface area contributed by atoms with Gasteiger partial charge in [0.1, 0.15) is 11.4 Å². The molecule has 0 aliphatic rings. The normalized spacial score (nSPS) is 11.7. The summed E-state index contributed by atoms with van der Waals surface area (Å²) < 4.78 is 48.4. The fourth-order valence-corrected chi connectivity index (χ4v) is 4.27. The van der Waals surface area contributed by atoms with E-state index in [0.29, 0.717) is 16.5 Å². The van der Waals surface area contributed by atoms with Gasteiger partial charge in [-0.1, -0.05) is 11.6 Å². The minimum Gasteiger partial charge on any atom is -0.618 e. The van der Waals surface area contributed by atoms with E-state index in [4.69, 9.17) is 16.3 Å². The van der Waals surface area contributed by atoms with Gasteiger partial charge in [-0.2, -0.15) is 4.73 Å². The van der Waals surface area contributed by atoms with Crippen molar-refractivity contribution in [2.75, 3.05) is 4.72 Å². The van der Waals surface area contributed by atoms with E-state index in [1.165, 1.54) is 30.3 Å². The molecule has 0 saturated carbocycles. The number of aryl methyl sites for hydroxylation is 1. The van der Waals surface area contributed by atoms with Crippen LogP contribution in [-0.2, 0) is 14.8 Å². The van der Waals surface area contributed by atoms with Crippen molar-refractivity contribution in [3.8, 4) is 0 Å². The highest BCUT2D eigenvalue weighted by atomic mass is 35.5. The molecule has 0 saturated heterocycles. The van der Waals surface area contributed by atoms with Gasteiger partial charge in [-0.25, -0.2) is 17.6 Å². The van der Waals surface area contributed by atoms with E-state index >= 15 is 0 Å². The minimum atomic E-state index is -4.38. The Morgan fingerprint density at radius 1 is 1.06 bits per heavy atom. The number of rotatable bonds is 6. The summed E-state index contributed by atoms with van der Waals surface area (Å²) in [5.41, 5.74) is -1.15. The van der Waals surface area contributed by atoms with Crippen molar-refractivity contribution >= 4 is 39.1 Å². The van der Waals surface area contributed by atoms with Crippen LogP contribution in [0.4, 0.5) is 10.1 Å². The summed E-state index contributed by atoms with van der Waals surface area (Å²) >= 11 is 6.02. The maximum absolute atomic E-state index is 14.6. The van der Waals surface area contributed by atoms with Crippen molar-refractivity contribution in [2.45, 2.75) is 38.2 Å². The molecule has 184 valence electrons. The molecule has 35 heavy (non-hydrogen) atoms. The Kier molecular flexibility index (Phi) is 7.18. The van der Waals surface area contributed by atoms with E-state index in [2.05, 4.69) is 4.72 Å². The lowest BCUT2D eigenvalue weighted by molar-refractivity contribution is -0.612. The first kappa shape index (κ1) is 26.1. The van der Waals surface area contributed by atoms with E-state index in [1.807, 2.05) is 0 Å². The van der Waals surface area contributed by atoms with E-state index in [-0.39, 0.29) is 21.8 Å². The first-order valence-electron chi connectivity index (χ1n) is 10.3. The fraction of sp³-hybridized carbons (Fsp3) is 0.208. The zero-order valence-electron chi connectivity index (χ0n) is 19.3. The number of pyridine rings is 1. The lowest BCUT2D eigenvalue weighted by Crippen LogP contribution is -2.30. The number of esters is 1. The molecule has 0 amide bonds. The van der Waals surface area contributed by atoms with Gasteiger partial charge in [0.25, 0.3) is 10.0 Å². The van der Waals surface area contributed by atoms with Crippen molar-refractivity contribution < 1.29 is 31.9 Å². The van der Waals surface area contributed by atoms with Crippen LogP contribution in [0.25, 0.3) is 0 Å². The topological polar surface area (TPSA) is 116 Å². The Bertz CT molecular complexity index is 1430. The Hall–Kier alpha value is -3.50. The molecule has 0 spiro atoms. The number of nitrogens with one attached hydrogen (secondary N) is 1. The van der Waals surface area contributed by atoms with E-state index in [9.17, 15) is 27.6 Å². The van der Waals surface area contributed by atoms with Crippen LogP contribution in [0.15, 0.2) is 59.6 Å². The number of ether oxygens (including phenoxy) is 1. The molecule has 0 unspecified atom stereocenters. The predicted molar refractivity (Wildman–Crippen MR) is 127 cm³/mol. The van der Waals surface area contributed by atoms with Crippen LogP contribution in [0.1, 0.15) is 52.7 Å². The van der Waals surface area contributed by atoms with Gasteiger partial charge in [-0.15, -0.1) is 0 Å². The molecular formula is C24H22ClFN2O6S. The number of aromatic nitrogens is 1. The SMILES string of the molecule is Cc1ccc(C(=O)c2cc(Cl)ccc2NS(=O)(=O)c2ccc(C(=O)OC(C)(C)C)c(F)c2)c[n+]1[O-]. The lowest BCUT2D eigenvalue weighted by atomic mass is 10.0. The number of hydrogen-bond donors (Lipinski definition) is 1. The number of benzene rings is 2. The summed E-state index contributed by atoms with van der Waals surface area (Å²) in [4.78, 5) is 24.7. The van der Waals surface area contributed by atoms with Crippen molar-refractivity contribution in [2.24, 2.45) is 0 Å². The Morgan fingerprint density at radius 3 is 2.34 bits per heavy atom. The monoisotopic (exact) mass is 520 g/mol. The van der Waals surface area contributed by atoms with Crippen LogP contribution < -0.4 is 9.45 Å². The van der Waals surface area contributed by atoms with Gasteiger partial charge in [-0.05, 0) is 63.2 Å². The van der Waals surface area contributed by atoms with E-state index in [0.717, 1.165) is 18.3 Å². The number of ketones is 1. The molecule has 1 N–H and O–H groups in total. The van der Waals surface area contributed by atoms with Crippen molar-refractivity contribution in [3.05, 3.63) is 93.2 Å². The first-order chi connectivity index (χ1) is 16.2.